The highest BCUT2D eigenvalue weighted by Crippen LogP contribution is 2.23. The van der Waals surface area contributed by atoms with Crippen LogP contribution in [-0.4, -0.2) is 28.1 Å². The number of fused-ring (bicyclic) bond motifs is 1. The quantitative estimate of drug-likeness (QED) is 0.705. The van der Waals surface area contributed by atoms with E-state index in [0.717, 1.165) is 29.6 Å². The van der Waals surface area contributed by atoms with E-state index in [9.17, 15) is 0 Å². The van der Waals surface area contributed by atoms with Gasteiger partial charge in [0.15, 0.2) is 0 Å². The van der Waals surface area contributed by atoms with E-state index in [4.69, 9.17) is 16.3 Å². The summed E-state index contributed by atoms with van der Waals surface area (Å²) in [6, 6.07) is 9.87. The van der Waals surface area contributed by atoms with Crippen molar-refractivity contribution in [1.82, 2.24) is 15.0 Å². The zero-order valence-electron chi connectivity index (χ0n) is 11.9. The Balaban J connectivity index is 1.52. The van der Waals surface area contributed by atoms with E-state index in [1.165, 1.54) is 6.33 Å². The molecular formula is C16H15ClN4O. The molecule has 0 aliphatic heterocycles. The van der Waals surface area contributed by atoms with E-state index in [1.54, 1.807) is 12.4 Å². The number of para-hydroxylation sites is 1. The van der Waals surface area contributed by atoms with Crippen LogP contribution in [0.3, 0.4) is 0 Å². The number of rotatable bonds is 6. The Hall–Kier alpha value is -2.40. The summed E-state index contributed by atoms with van der Waals surface area (Å²) in [5, 5.41) is 4.75. The first-order valence-corrected chi connectivity index (χ1v) is 7.38. The van der Waals surface area contributed by atoms with Crippen LogP contribution < -0.4 is 10.1 Å². The molecule has 0 radical (unpaired) electrons. The first-order valence-electron chi connectivity index (χ1n) is 7.00. The normalized spacial score (nSPS) is 10.6. The van der Waals surface area contributed by atoms with Crippen LogP contribution >= 0.6 is 11.6 Å². The van der Waals surface area contributed by atoms with Crippen molar-refractivity contribution in [2.24, 2.45) is 0 Å². The van der Waals surface area contributed by atoms with E-state index in [0.29, 0.717) is 17.4 Å². The third-order valence-electron chi connectivity index (χ3n) is 3.13. The highest BCUT2D eigenvalue weighted by atomic mass is 35.5. The van der Waals surface area contributed by atoms with Crippen LogP contribution in [0, 0.1) is 0 Å². The van der Waals surface area contributed by atoms with Crippen LogP contribution in [0.1, 0.15) is 6.42 Å². The van der Waals surface area contributed by atoms with Crippen molar-refractivity contribution in [3.63, 3.8) is 0 Å². The molecule has 3 aromatic rings. The Morgan fingerprint density at radius 2 is 2.05 bits per heavy atom. The largest absolute Gasteiger partial charge is 0.491 e. The van der Waals surface area contributed by atoms with Crippen LogP contribution in [0.15, 0.2) is 49.1 Å². The summed E-state index contributed by atoms with van der Waals surface area (Å²) in [7, 11) is 0. The zero-order chi connectivity index (χ0) is 15.2. The molecule has 0 aliphatic rings. The number of hydrogen-bond acceptors (Lipinski definition) is 5. The molecule has 0 spiro atoms. The fraction of sp³-hybridized carbons (Fsp3) is 0.188. The van der Waals surface area contributed by atoms with Crippen LogP contribution in [-0.2, 0) is 0 Å². The van der Waals surface area contributed by atoms with Gasteiger partial charge in [0.05, 0.1) is 12.8 Å². The van der Waals surface area contributed by atoms with Crippen molar-refractivity contribution in [2.45, 2.75) is 6.42 Å². The first-order chi connectivity index (χ1) is 10.8. The Labute approximate surface area is 133 Å². The minimum Gasteiger partial charge on any atom is -0.491 e. The van der Waals surface area contributed by atoms with E-state index >= 15 is 0 Å². The van der Waals surface area contributed by atoms with Crippen molar-refractivity contribution in [3.05, 3.63) is 54.1 Å². The van der Waals surface area contributed by atoms with Gasteiger partial charge in [-0.05, 0) is 18.6 Å². The second-order valence-electron chi connectivity index (χ2n) is 4.68. The van der Waals surface area contributed by atoms with Crippen molar-refractivity contribution >= 4 is 28.3 Å². The molecule has 0 unspecified atom stereocenters. The van der Waals surface area contributed by atoms with E-state index < -0.39 is 0 Å². The summed E-state index contributed by atoms with van der Waals surface area (Å²) in [6.07, 6.45) is 5.62. The molecule has 0 atom stereocenters. The van der Waals surface area contributed by atoms with Gasteiger partial charge in [0.1, 0.15) is 28.4 Å². The van der Waals surface area contributed by atoms with Gasteiger partial charge >= 0.3 is 0 Å². The van der Waals surface area contributed by atoms with Crippen LogP contribution in [0.25, 0.3) is 10.9 Å². The second-order valence-corrected chi connectivity index (χ2v) is 5.09. The smallest absolute Gasteiger partial charge is 0.148 e. The lowest BCUT2D eigenvalue weighted by atomic mass is 10.2. The summed E-state index contributed by atoms with van der Waals surface area (Å²) >= 11 is 5.97. The van der Waals surface area contributed by atoms with Crippen molar-refractivity contribution < 1.29 is 4.74 Å². The van der Waals surface area contributed by atoms with Gasteiger partial charge in [-0.25, -0.2) is 9.97 Å². The fourth-order valence-electron chi connectivity index (χ4n) is 2.10. The maximum absolute atomic E-state index is 5.97. The van der Waals surface area contributed by atoms with Gasteiger partial charge in [0, 0.05) is 18.1 Å². The van der Waals surface area contributed by atoms with Crippen LogP contribution in [0.2, 0.25) is 5.02 Å². The number of nitrogens with one attached hydrogen (secondary N) is 1. The predicted octanol–water partition coefficient (Wildman–Crippen LogP) is 3.56. The summed E-state index contributed by atoms with van der Waals surface area (Å²) in [6.45, 7) is 1.31. The molecule has 3 rings (SSSR count). The summed E-state index contributed by atoms with van der Waals surface area (Å²) in [4.78, 5) is 12.3. The van der Waals surface area contributed by atoms with Crippen molar-refractivity contribution in [2.75, 3.05) is 18.5 Å². The monoisotopic (exact) mass is 314 g/mol. The Kier molecular flexibility index (Phi) is 4.65. The molecule has 22 heavy (non-hydrogen) atoms. The number of nitrogens with zero attached hydrogens (tertiary/aromatic N) is 3. The second kappa shape index (κ2) is 7.04. The molecule has 1 aromatic carbocycles. The molecule has 0 fully saturated rings. The average Bonchev–Trinajstić information content (AvgIpc) is 2.56. The number of benzene rings is 1. The average molecular weight is 315 g/mol. The predicted molar refractivity (Wildman–Crippen MR) is 87.4 cm³/mol. The van der Waals surface area contributed by atoms with Gasteiger partial charge in [-0.15, -0.1) is 0 Å². The summed E-state index contributed by atoms with van der Waals surface area (Å²) in [5.41, 5.74) is 0.886. The Morgan fingerprint density at radius 1 is 1.14 bits per heavy atom. The molecule has 112 valence electrons. The number of ether oxygens (including phenoxy) is 1. The Bertz CT molecular complexity index is 760. The molecule has 0 bridgehead atoms. The minimum absolute atomic E-state index is 0.515. The molecule has 1 N–H and O–H groups in total. The van der Waals surface area contributed by atoms with Gasteiger partial charge in [-0.2, -0.15) is 0 Å². The van der Waals surface area contributed by atoms with Gasteiger partial charge in [-0.1, -0.05) is 29.8 Å². The lowest BCUT2D eigenvalue weighted by molar-refractivity contribution is 0.318. The van der Waals surface area contributed by atoms with Crippen LogP contribution in [0.4, 0.5) is 5.82 Å². The molecule has 0 saturated carbocycles. The summed E-state index contributed by atoms with van der Waals surface area (Å²) in [5.74, 6) is 1.45. The van der Waals surface area contributed by atoms with Crippen molar-refractivity contribution in [3.8, 4) is 5.75 Å². The molecule has 0 aliphatic carbocycles. The summed E-state index contributed by atoms with van der Waals surface area (Å²) < 4.78 is 5.82. The number of halogens is 1. The van der Waals surface area contributed by atoms with E-state index in [1.807, 2.05) is 30.3 Å². The maximum Gasteiger partial charge on any atom is 0.148 e. The van der Waals surface area contributed by atoms with Gasteiger partial charge in [0.25, 0.3) is 0 Å². The minimum atomic E-state index is 0.515. The topological polar surface area (TPSA) is 59.9 Å². The number of hydrogen-bond donors (Lipinski definition) is 1. The molecular weight excluding hydrogens is 300 g/mol. The maximum atomic E-state index is 5.97. The molecule has 2 aromatic heterocycles. The Morgan fingerprint density at radius 3 is 2.95 bits per heavy atom. The third-order valence-corrected chi connectivity index (χ3v) is 3.41. The highest BCUT2D eigenvalue weighted by Gasteiger charge is 2.03. The lowest BCUT2D eigenvalue weighted by Crippen LogP contribution is -2.09. The molecule has 2 heterocycles. The van der Waals surface area contributed by atoms with Crippen LogP contribution in [0.5, 0.6) is 5.75 Å². The molecule has 5 nitrogen and oxygen atoms in total. The van der Waals surface area contributed by atoms with E-state index in [-0.39, 0.29) is 0 Å². The van der Waals surface area contributed by atoms with Gasteiger partial charge < -0.3 is 10.1 Å². The number of aromatic nitrogens is 3. The third kappa shape index (κ3) is 3.43. The fourth-order valence-corrected chi connectivity index (χ4v) is 2.27. The molecule has 0 amide bonds. The molecule has 0 saturated heterocycles. The standard InChI is InChI=1S/C16H15ClN4O/c17-13-10-18-11-21-16(13)20-8-3-9-22-14-6-1-4-12-5-2-7-19-15(12)14/h1-2,4-7,10-11H,3,8-9H2,(H,18,20,21). The SMILES string of the molecule is Clc1cncnc1NCCCOc1cccc2cccnc12. The lowest BCUT2D eigenvalue weighted by Gasteiger charge is -2.09. The van der Waals surface area contributed by atoms with Gasteiger partial charge in [-0.3, -0.25) is 4.98 Å². The molecule has 6 heteroatoms. The number of anilines is 1. The van der Waals surface area contributed by atoms with E-state index in [2.05, 4.69) is 20.3 Å². The van der Waals surface area contributed by atoms with Gasteiger partial charge in [0.2, 0.25) is 0 Å². The van der Waals surface area contributed by atoms with Crippen molar-refractivity contribution in [1.29, 1.82) is 0 Å². The number of pyridine rings is 1. The first kappa shape index (κ1) is 14.5. The zero-order valence-corrected chi connectivity index (χ0v) is 12.6. The highest BCUT2D eigenvalue weighted by molar-refractivity contribution is 6.32.